The van der Waals surface area contributed by atoms with Crippen molar-refractivity contribution in [2.24, 2.45) is 0 Å². The molecule has 0 aliphatic carbocycles. The van der Waals surface area contributed by atoms with E-state index < -0.39 is 0 Å². The highest BCUT2D eigenvalue weighted by Gasteiger charge is 2.22. The number of hydrogen-bond acceptors (Lipinski definition) is 5. The summed E-state index contributed by atoms with van der Waals surface area (Å²) in [6, 6.07) is 12.6. The molecule has 0 saturated carbocycles. The van der Waals surface area contributed by atoms with E-state index in [0.29, 0.717) is 27.9 Å². The zero-order valence-electron chi connectivity index (χ0n) is 16.7. The highest BCUT2D eigenvalue weighted by atomic mass is 35.5. The molecular weight excluding hydrogens is 414 g/mol. The van der Waals surface area contributed by atoms with Crippen molar-refractivity contribution in [1.29, 1.82) is 0 Å². The normalized spacial score (nSPS) is 15.0. The van der Waals surface area contributed by atoms with E-state index >= 15 is 0 Å². The minimum Gasteiger partial charge on any atom is -0.339 e. The Kier molecular flexibility index (Phi) is 5.03. The molecule has 8 heteroatoms. The van der Waals surface area contributed by atoms with Crippen LogP contribution < -0.4 is 10.6 Å². The molecule has 2 amide bonds. The van der Waals surface area contributed by atoms with Crippen molar-refractivity contribution in [3.05, 3.63) is 64.8 Å². The second-order valence-corrected chi connectivity index (χ2v) is 8.12. The molecule has 0 bridgehead atoms. The van der Waals surface area contributed by atoms with Crippen molar-refractivity contribution in [3.63, 3.8) is 0 Å². The maximum atomic E-state index is 12.5. The lowest BCUT2D eigenvalue weighted by atomic mass is 10.1. The third kappa shape index (κ3) is 3.96. The molecule has 2 aliphatic heterocycles. The van der Waals surface area contributed by atoms with Gasteiger partial charge < -0.3 is 15.5 Å². The van der Waals surface area contributed by atoms with Gasteiger partial charge in [-0.3, -0.25) is 9.59 Å². The zero-order chi connectivity index (χ0) is 21.4. The molecule has 31 heavy (non-hydrogen) atoms. The molecule has 156 valence electrons. The lowest BCUT2D eigenvalue weighted by molar-refractivity contribution is -0.115. The van der Waals surface area contributed by atoms with Gasteiger partial charge in [-0.1, -0.05) is 11.6 Å². The number of fused-ring (bicyclic) bond motifs is 3. The predicted octanol–water partition coefficient (Wildman–Crippen LogP) is 4.27. The van der Waals surface area contributed by atoms with Crippen LogP contribution in [0.25, 0.3) is 11.3 Å². The smallest absolute Gasteiger partial charge is 0.253 e. The summed E-state index contributed by atoms with van der Waals surface area (Å²) in [6.07, 6.45) is 3.99. The summed E-state index contributed by atoms with van der Waals surface area (Å²) in [7, 11) is 0. The summed E-state index contributed by atoms with van der Waals surface area (Å²) in [5.41, 5.74) is 4.30. The van der Waals surface area contributed by atoms with Crippen molar-refractivity contribution >= 4 is 40.7 Å². The Bertz CT molecular complexity index is 1170. The lowest BCUT2D eigenvalue weighted by Gasteiger charge is -2.15. The van der Waals surface area contributed by atoms with Crippen LogP contribution in [-0.4, -0.2) is 39.8 Å². The average Bonchev–Trinajstić information content (AvgIpc) is 3.26. The van der Waals surface area contributed by atoms with Gasteiger partial charge in [-0.25, -0.2) is 9.97 Å². The third-order valence-corrected chi connectivity index (χ3v) is 5.74. The number of carbonyl (C=O) groups excluding carboxylic acids is 2. The molecule has 2 aliphatic rings. The van der Waals surface area contributed by atoms with Crippen LogP contribution in [0.4, 0.5) is 17.3 Å². The molecule has 1 aromatic heterocycles. The van der Waals surface area contributed by atoms with Crippen molar-refractivity contribution in [2.75, 3.05) is 23.7 Å². The third-order valence-electron chi connectivity index (χ3n) is 5.51. The van der Waals surface area contributed by atoms with Gasteiger partial charge in [0, 0.05) is 46.7 Å². The van der Waals surface area contributed by atoms with Crippen LogP contribution in [0.15, 0.2) is 48.7 Å². The summed E-state index contributed by atoms with van der Waals surface area (Å²) in [6.45, 7) is 1.65. The first-order valence-electron chi connectivity index (χ1n) is 10.2. The first-order chi connectivity index (χ1) is 15.1. The molecule has 7 nitrogen and oxygen atoms in total. The van der Waals surface area contributed by atoms with Crippen LogP contribution in [0.5, 0.6) is 0 Å². The van der Waals surface area contributed by atoms with Gasteiger partial charge in [0.05, 0.1) is 17.8 Å². The van der Waals surface area contributed by atoms with Gasteiger partial charge in [-0.15, -0.1) is 0 Å². The summed E-state index contributed by atoms with van der Waals surface area (Å²) in [5, 5.41) is 6.60. The SMILES string of the molecule is O=C1Cc2cnc(Nc3ccc(C(=O)N4CCCC4)cc3)nc2-c2ccc(Cl)cc2N1. The van der Waals surface area contributed by atoms with Crippen LogP contribution in [0.3, 0.4) is 0 Å². The van der Waals surface area contributed by atoms with E-state index in [1.165, 1.54) is 0 Å². The Hall–Kier alpha value is -3.45. The summed E-state index contributed by atoms with van der Waals surface area (Å²) in [4.78, 5) is 35.7. The topological polar surface area (TPSA) is 87.2 Å². The van der Waals surface area contributed by atoms with Gasteiger partial charge in [-0.2, -0.15) is 0 Å². The van der Waals surface area contributed by atoms with E-state index in [9.17, 15) is 9.59 Å². The molecule has 0 atom stereocenters. The summed E-state index contributed by atoms with van der Waals surface area (Å²) >= 11 is 6.10. The summed E-state index contributed by atoms with van der Waals surface area (Å²) < 4.78 is 0. The van der Waals surface area contributed by atoms with Gasteiger partial charge >= 0.3 is 0 Å². The predicted molar refractivity (Wildman–Crippen MR) is 120 cm³/mol. The molecule has 1 saturated heterocycles. The Morgan fingerprint density at radius 1 is 1.10 bits per heavy atom. The first kappa shape index (κ1) is 19.5. The number of halogens is 1. The number of nitrogens with one attached hydrogen (secondary N) is 2. The zero-order valence-corrected chi connectivity index (χ0v) is 17.4. The number of anilines is 3. The molecule has 0 spiro atoms. The number of rotatable bonds is 3. The minimum atomic E-state index is -0.134. The number of likely N-dealkylation sites (tertiary alicyclic amines) is 1. The van der Waals surface area contributed by atoms with E-state index in [0.717, 1.165) is 42.7 Å². The average molecular weight is 434 g/mol. The van der Waals surface area contributed by atoms with Crippen molar-refractivity contribution in [3.8, 4) is 11.3 Å². The molecule has 0 radical (unpaired) electrons. The van der Waals surface area contributed by atoms with E-state index in [2.05, 4.69) is 20.6 Å². The second-order valence-electron chi connectivity index (χ2n) is 7.68. The molecule has 5 rings (SSSR count). The fourth-order valence-corrected chi connectivity index (χ4v) is 4.12. The molecule has 2 aromatic carbocycles. The van der Waals surface area contributed by atoms with Crippen LogP contribution >= 0.6 is 11.6 Å². The molecule has 3 heterocycles. The monoisotopic (exact) mass is 433 g/mol. The van der Waals surface area contributed by atoms with Crippen LogP contribution in [0, 0.1) is 0 Å². The Morgan fingerprint density at radius 2 is 1.87 bits per heavy atom. The standard InChI is InChI=1S/C23H20ClN5O2/c24-16-5-8-18-19(12-16)27-20(30)11-15-13-25-23(28-21(15)18)26-17-6-3-14(4-7-17)22(31)29-9-1-2-10-29/h3-8,12-13H,1-2,9-11H2,(H,27,30)(H,25,26,28). The van der Waals surface area contributed by atoms with Gasteiger partial charge in [0.25, 0.3) is 5.91 Å². The second kappa shape index (κ2) is 8.00. The van der Waals surface area contributed by atoms with Gasteiger partial charge in [-0.05, 0) is 55.3 Å². The van der Waals surface area contributed by atoms with E-state index in [-0.39, 0.29) is 18.2 Å². The van der Waals surface area contributed by atoms with Gasteiger partial charge in [0.1, 0.15) is 0 Å². The lowest BCUT2D eigenvalue weighted by Crippen LogP contribution is -2.27. The number of carbonyl (C=O) groups is 2. The first-order valence-corrected chi connectivity index (χ1v) is 10.6. The molecule has 1 fully saturated rings. The maximum Gasteiger partial charge on any atom is 0.253 e. The van der Waals surface area contributed by atoms with E-state index in [1.54, 1.807) is 18.3 Å². The molecule has 2 N–H and O–H groups in total. The Labute approximate surface area is 184 Å². The quantitative estimate of drug-likeness (QED) is 0.644. The molecular formula is C23H20ClN5O2. The van der Waals surface area contributed by atoms with E-state index in [4.69, 9.17) is 11.6 Å². The molecule has 0 unspecified atom stereocenters. The fraction of sp³-hybridized carbons (Fsp3) is 0.217. The highest BCUT2D eigenvalue weighted by molar-refractivity contribution is 6.31. The number of aromatic nitrogens is 2. The minimum absolute atomic E-state index is 0.0674. The summed E-state index contributed by atoms with van der Waals surface area (Å²) in [5.74, 6) is 0.343. The van der Waals surface area contributed by atoms with E-state index in [1.807, 2.05) is 35.2 Å². The van der Waals surface area contributed by atoms with Crippen LogP contribution in [-0.2, 0) is 11.2 Å². The number of amides is 2. The van der Waals surface area contributed by atoms with Gasteiger partial charge in [0.2, 0.25) is 11.9 Å². The number of hydrogen-bond donors (Lipinski definition) is 2. The Balaban J connectivity index is 1.41. The molecule has 3 aromatic rings. The fourth-order valence-electron chi connectivity index (χ4n) is 3.95. The van der Waals surface area contributed by atoms with Crippen molar-refractivity contribution < 1.29 is 9.59 Å². The van der Waals surface area contributed by atoms with Crippen molar-refractivity contribution in [1.82, 2.24) is 14.9 Å². The highest BCUT2D eigenvalue weighted by Crippen LogP contribution is 2.34. The number of nitrogens with zero attached hydrogens (tertiary/aromatic N) is 3. The van der Waals surface area contributed by atoms with Crippen LogP contribution in [0.1, 0.15) is 28.8 Å². The number of benzene rings is 2. The van der Waals surface area contributed by atoms with Crippen molar-refractivity contribution in [2.45, 2.75) is 19.3 Å². The van der Waals surface area contributed by atoms with Gasteiger partial charge in [0.15, 0.2) is 0 Å². The largest absolute Gasteiger partial charge is 0.339 e. The Morgan fingerprint density at radius 3 is 2.65 bits per heavy atom. The van der Waals surface area contributed by atoms with Crippen LogP contribution in [0.2, 0.25) is 5.02 Å². The maximum absolute atomic E-state index is 12.5.